The van der Waals surface area contributed by atoms with Crippen molar-refractivity contribution in [3.05, 3.63) is 160 Å². The van der Waals surface area contributed by atoms with Gasteiger partial charge in [-0.3, -0.25) is 0 Å². The predicted octanol–water partition coefficient (Wildman–Crippen LogP) is 14.4. The van der Waals surface area contributed by atoms with Gasteiger partial charge in [-0.1, -0.05) is 120 Å². The molecule has 0 radical (unpaired) electrons. The highest BCUT2D eigenvalue weighted by atomic mass is 14.8. The fraction of sp³-hybridized carbons (Fsp3) is 0.200. The molecular weight excluding hydrogens is 731 g/mol. The molecule has 0 spiro atoms. The molecule has 4 aromatic carbocycles. The zero-order chi connectivity index (χ0) is 42.1. The fourth-order valence-electron chi connectivity index (χ4n) is 8.88. The molecule has 5 heteroatoms. The van der Waals surface area contributed by atoms with Crippen LogP contribution in [0, 0.1) is 20.8 Å². The normalized spacial score (nSPS) is 12.7. The minimum Gasteiger partial charge on any atom is -0.399 e. The number of nitrogen functional groups attached to an aromatic ring is 1. The molecule has 60 heavy (non-hydrogen) atoms. The highest BCUT2D eigenvalue weighted by Crippen LogP contribution is 2.41. The highest BCUT2D eigenvalue weighted by molar-refractivity contribution is 6.00. The van der Waals surface area contributed by atoms with E-state index in [0.717, 1.165) is 83.8 Å². The van der Waals surface area contributed by atoms with Crippen LogP contribution in [-0.4, -0.2) is 19.9 Å². The second-order valence-corrected chi connectivity index (χ2v) is 18.6. The molecule has 7 aromatic rings. The number of benzene rings is 4. The average molecular weight is 784 g/mol. The van der Waals surface area contributed by atoms with Gasteiger partial charge in [0.2, 0.25) is 0 Å². The molecule has 0 unspecified atom stereocenters. The van der Waals surface area contributed by atoms with Crippen LogP contribution >= 0.6 is 0 Å². The smallest absolute Gasteiger partial charge is 0.0737 e. The summed E-state index contributed by atoms with van der Waals surface area (Å²) in [6, 6.07) is 39.3. The average Bonchev–Trinajstić information content (AvgIpc) is 4.04. The molecule has 9 rings (SSSR count). The molecule has 0 saturated carbocycles. The van der Waals surface area contributed by atoms with Crippen molar-refractivity contribution in [2.24, 2.45) is 0 Å². The second kappa shape index (κ2) is 14.5. The number of fused-ring (bicyclic) bond motifs is 8. The molecule has 5 heterocycles. The van der Waals surface area contributed by atoms with Crippen LogP contribution in [0.4, 0.5) is 5.69 Å². The Labute approximate surface area is 353 Å². The van der Waals surface area contributed by atoms with Crippen molar-refractivity contribution in [2.45, 2.75) is 73.1 Å². The first-order valence-electron chi connectivity index (χ1n) is 20.9. The first-order valence-corrected chi connectivity index (χ1v) is 20.9. The quantitative estimate of drug-likeness (QED) is 0.155. The van der Waals surface area contributed by atoms with E-state index < -0.39 is 0 Å². The monoisotopic (exact) mass is 783 g/mol. The summed E-state index contributed by atoms with van der Waals surface area (Å²) >= 11 is 0. The second-order valence-electron chi connectivity index (χ2n) is 18.6. The van der Waals surface area contributed by atoms with Gasteiger partial charge in [0.25, 0.3) is 0 Å². The Bertz CT molecular complexity index is 2970. The van der Waals surface area contributed by atoms with Crippen molar-refractivity contribution in [2.75, 3.05) is 5.73 Å². The molecule has 2 aliphatic heterocycles. The van der Waals surface area contributed by atoms with Gasteiger partial charge in [-0.15, -0.1) is 0 Å². The third kappa shape index (κ3) is 7.08. The van der Waals surface area contributed by atoms with Gasteiger partial charge in [0, 0.05) is 50.0 Å². The Morgan fingerprint density at radius 2 is 0.717 bits per heavy atom. The molecule has 2 aliphatic rings. The summed E-state index contributed by atoms with van der Waals surface area (Å²) in [6.07, 6.45) is 8.65. The number of nitrogens with zero attached hydrogens (tertiary/aromatic N) is 2. The number of hydrogen-bond donors (Lipinski definition) is 3. The van der Waals surface area contributed by atoms with E-state index in [-0.39, 0.29) is 10.8 Å². The first kappa shape index (κ1) is 38.8. The summed E-state index contributed by atoms with van der Waals surface area (Å²) in [5, 5.41) is 0. The van der Waals surface area contributed by atoms with Crippen molar-refractivity contribution < 1.29 is 0 Å². The Kier molecular flexibility index (Phi) is 9.39. The molecular formula is C55H53N5. The minimum atomic E-state index is 0.0268. The third-order valence-corrected chi connectivity index (χ3v) is 12.0. The maximum atomic E-state index is 6.24. The SMILES string of the molecule is Cc1cc(C)c(-c2c3nc(c(-c4ccc(C(C)(C)C)cc4)c4ccc([nH]4)c(-c4ccc(N)cc4)c4nc(c(-c5ccc(C(C)(C)C)cc5)c5ccc2[nH]5)C=C4)C=C3)c(C)c1. The summed E-state index contributed by atoms with van der Waals surface area (Å²) in [5.41, 5.74) is 29.2. The van der Waals surface area contributed by atoms with Gasteiger partial charge in [-0.05, 0) is 137 Å². The van der Waals surface area contributed by atoms with Crippen LogP contribution in [0.5, 0.6) is 0 Å². The molecule has 298 valence electrons. The third-order valence-electron chi connectivity index (χ3n) is 12.0. The minimum absolute atomic E-state index is 0.0268. The van der Waals surface area contributed by atoms with Gasteiger partial charge in [0.05, 0.1) is 22.8 Å². The van der Waals surface area contributed by atoms with E-state index in [2.05, 4.69) is 194 Å². The predicted molar refractivity (Wildman–Crippen MR) is 257 cm³/mol. The van der Waals surface area contributed by atoms with Gasteiger partial charge in [0.1, 0.15) is 0 Å². The van der Waals surface area contributed by atoms with Crippen LogP contribution in [0.1, 0.15) is 92.1 Å². The molecule has 5 nitrogen and oxygen atoms in total. The topological polar surface area (TPSA) is 83.4 Å². The van der Waals surface area contributed by atoms with Crippen LogP contribution in [0.25, 0.3) is 90.9 Å². The van der Waals surface area contributed by atoms with Crippen LogP contribution in [0.2, 0.25) is 0 Å². The number of aromatic amines is 2. The number of aromatic nitrogens is 4. The summed E-state index contributed by atoms with van der Waals surface area (Å²) in [5.74, 6) is 0. The lowest BCUT2D eigenvalue weighted by Crippen LogP contribution is -2.10. The summed E-state index contributed by atoms with van der Waals surface area (Å²) < 4.78 is 0. The van der Waals surface area contributed by atoms with E-state index in [0.29, 0.717) is 5.69 Å². The van der Waals surface area contributed by atoms with E-state index in [1.807, 2.05) is 12.1 Å². The fourth-order valence-corrected chi connectivity index (χ4v) is 8.88. The number of nitrogens with two attached hydrogens (primary N) is 1. The maximum Gasteiger partial charge on any atom is 0.0737 e. The molecule has 0 saturated heterocycles. The van der Waals surface area contributed by atoms with Gasteiger partial charge in [-0.25, -0.2) is 9.97 Å². The van der Waals surface area contributed by atoms with Crippen molar-refractivity contribution in [3.8, 4) is 44.5 Å². The summed E-state index contributed by atoms with van der Waals surface area (Å²) in [7, 11) is 0. The Hall–Kier alpha value is -6.72. The molecule has 0 fully saturated rings. The molecule has 4 N–H and O–H groups in total. The van der Waals surface area contributed by atoms with Gasteiger partial charge < -0.3 is 15.7 Å². The number of hydrogen-bond acceptors (Lipinski definition) is 3. The zero-order valence-corrected chi connectivity index (χ0v) is 36.2. The van der Waals surface area contributed by atoms with E-state index in [1.54, 1.807) is 0 Å². The number of rotatable bonds is 4. The molecule has 0 amide bonds. The lowest BCUT2D eigenvalue weighted by Gasteiger charge is -2.19. The zero-order valence-electron chi connectivity index (χ0n) is 36.2. The van der Waals surface area contributed by atoms with Crippen molar-refractivity contribution in [1.29, 1.82) is 0 Å². The van der Waals surface area contributed by atoms with Gasteiger partial charge in [0.15, 0.2) is 0 Å². The Morgan fingerprint density at radius 3 is 1.07 bits per heavy atom. The van der Waals surface area contributed by atoms with Gasteiger partial charge >= 0.3 is 0 Å². The van der Waals surface area contributed by atoms with E-state index in [1.165, 1.54) is 33.4 Å². The van der Waals surface area contributed by atoms with Crippen LogP contribution < -0.4 is 5.73 Å². The number of aryl methyl sites for hydroxylation is 3. The lowest BCUT2D eigenvalue weighted by molar-refractivity contribution is 0.590. The molecule has 3 aromatic heterocycles. The summed E-state index contributed by atoms with van der Waals surface area (Å²) in [6.45, 7) is 20.1. The Morgan fingerprint density at radius 1 is 0.400 bits per heavy atom. The standard InChI is InChI=1S/C55H53N5/c1-32-30-33(2)49(34(3)31-32)53-47-28-26-45(59-47)50(35-10-16-38(17-11-35)54(4,5)6)41-22-24-43(57-41)52(37-14-20-40(56)21-15-37)44-25-23-42(58-44)51(46-27-29-48(53)60-46)36-12-18-39(19-13-36)55(7,8)9/h10-31,57,60H,56H2,1-9H3. The van der Waals surface area contributed by atoms with Crippen LogP contribution in [-0.2, 0) is 10.8 Å². The molecule has 0 aliphatic carbocycles. The van der Waals surface area contributed by atoms with Crippen molar-refractivity contribution >= 4 is 52.1 Å². The van der Waals surface area contributed by atoms with Crippen molar-refractivity contribution in [1.82, 2.24) is 19.9 Å². The number of anilines is 1. The van der Waals surface area contributed by atoms with E-state index in [9.17, 15) is 0 Å². The first-order chi connectivity index (χ1) is 28.6. The largest absolute Gasteiger partial charge is 0.399 e. The Balaban J connectivity index is 1.45. The molecule has 0 atom stereocenters. The summed E-state index contributed by atoms with van der Waals surface area (Å²) in [4.78, 5) is 18.8. The van der Waals surface area contributed by atoms with E-state index >= 15 is 0 Å². The van der Waals surface area contributed by atoms with Gasteiger partial charge in [-0.2, -0.15) is 0 Å². The highest BCUT2D eigenvalue weighted by Gasteiger charge is 2.22. The van der Waals surface area contributed by atoms with Crippen LogP contribution in [0.15, 0.2) is 109 Å². The molecule has 8 bridgehead atoms. The van der Waals surface area contributed by atoms with E-state index in [4.69, 9.17) is 15.7 Å². The van der Waals surface area contributed by atoms with Crippen molar-refractivity contribution in [3.63, 3.8) is 0 Å². The number of nitrogens with one attached hydrogen (secondary N) is 2. The maximum absolute atomic E-state index is 6.24. The number of H-pyrrole nitrogens is 2. The lowest BCUT2D eigenvalue weighted by atomic mass is 9.86. The van der Waals surface area contributed by atoms with Crippen LogP contribution in [0.3, 0.4) is 0 Å².